The molecular weight excluding hydrogens is 518 g/mol. The van der Waals surface area contributed by atoms with E-state index >= 15 is 0 Å². The largest absolute Gasteiger partial charge is 0.494 e. The van der Waals surface area contributed by atoms with E-state index in [4.69, 9.17) is 9.72 Å². The van der Waals surface area contributed by atoms with Gasteiger partial charge in [0.1, 0.15) is 11.6 Å². The van der Waals surface area contributed by atoms with E-state index in [9.17, 15) is 4.79 Å². The van der Waals surface area contributed by atoms with Crippen molar-refractivity contribution in [3.8, 4) is 16.9 Å². The molecular formula is C37H41N3O2. The van der Waals surface area contributed by atoms with Crippen LogP contribution >= 0.6 is 0 Å². The number of fused-ring (bicyclic) bond motifs is 1. The van der Waals surface area contributed by atoms with Crippen LogP contribution in [0.3, 0.4) is 0 Å². The van der Waals surface area contributed by atoms with Crippen molar-refractivity contribution in [3.05, 3.63) is 120 Å². The molecule has 1 heterocycles. The molecule has 4 aromatic carbocycles. The molecule has 216 valence electrons. The van der Waals surface area contributed by atoms with Crippen molar-refractivity contribution < 1.29 is 9.53 Å². The van der Waals surface area contributed by atoms with Crippen LogP contribution in [0.4, 0.5) is 0 Å². The second-order valence-corrected chi connectivity index (χ2v) is 11.8. The van der Waals surface area contributed by atoms with Crippen LogP contribution in [0.15, 0.2) is 103 Å². The lowest BCUT2D eigenvalue weighted by Gasteiger charge is -2.19. The van der Waals surface area contributed by atoms with Gasteiger partial charge >= 0.3 is 0 Å². The predicted octanol–water partition coefficient (Wildman–Crippen LogP) is 7.76. The molecule has 42 heavy (non-hydrogen) atoms. The highest BCUT2D eigenvalue weighted by Gasteiger charge is 2.14. The topological polar surface area (TPSA) is 56.1 Å². The zero-order valence-electron chi connectivity index (χ0n) is 25.0. The smallest absolute Gasteiger partial charge is 0.224 e. The first-order chi connectivity index (χ1) is 20.4. The summed E-state index contributed by atoms with van der Waals surface area (Å²) in [6.45, 7) is 8.75. The number of aromatic nitrogens is 2. The highest BCUT2D eigenvalue weighted by Crippen LogP contribution is 2.25. The molecule has 1 N–H and O–H groups in total. The molecule has 0 spiro atoms. The van der Waals surface area contributed by atoms with Crippen molar-refractivity contribution in [3.63, 3.8) is 0 Å². The molecule has 1 aromatic heterocycles. The van der Waals surface area contributed by atoms with Gasteiger partial charge in [-0.1, -0.05) is 99.6 Å². The number of aryl methyl sites for hydroxylation is 2. The highest BCUT2D eigenvalue weighted by molar-refractivity contribution is 5.79. The van der Waals surface area contributed by atoms with Crippen LogP contribution in [0.1, 0.15) is 50.6 Å². The van der Waals surface area contributed by atoms with Crippen LogP contribution in [0.5, 0.6) is 5.75 Å². The minimum atomic E-state index is 0.0450. The molecule has 0 atom stereocenters. The summed E-state index contributed by atoms with van der Waals surface area (Å²) in [5.74, 6) is 2.00. The van der Waals surface area contributed by atoms with Gasteiger partial charge in [0.2, 0.25) is 5.91 Å². The maximum atomic E-state index is 12.6. The molecule has 5 aromatic rings. The molecule has 0 saturated carbocycles. The van der Waals surface area contributed by atoms with Gasteiger partial charge < -0.3 is 14.6 Å². The first kappa shape index (κ1) is 29.1. The Labute approximate surface area is 249 Å². The van der Waals surface area contributed by atoms with Gasteiger partial charge in [-0.15, -0.1) is 0 Å². The Kier molecular flexibility index (Phi) is 9.38. The van der Waals surface area contributed by atoms with E-state index in [1.807, 2.05) is 36.4 Å². The van der Waals surface area contributed by atoms with Gasteiger partial charge in [-0.25, -0.2) is 4.98 Å². The van der Waals surface area contributed by atoms with Gasteiger partial charge in [0, 0.05) is 19.5 Å². The SMILES string of the molecule is CC(C)(C)c1ccc(OCCCn2c(CCCNC(=O)Cc3ccc(-c4ccccc4)cc3)nc3ccccc32)cc1. The van der Waals surface area contributed by atoms with Gasteiger partial charge in [0.25, 0.3) is 0 Å². The van der Waals surface area contributed by atoms with Crippen LogP contribution in [-0.2, 0) is 29.6 Å². The minimum Gasteiger partial charge on any atom is -0.494 e. The average Bonchev–Trinajstić information content (AvgIpc) is 3.35. The number of rotatable bonds is 12. The van der Waals surface area contributed by atoms with Crippen LogP contribution in [0, 0.1) is 0 Å². The Bertz CT molecular complexity index is 1580. The quantitative estimate of drug-likeness (QED) is 0.159. The van der Waals surface area contributed by atoms with Crippen molar-refractivity contribution in [1.29, 1.82) is 0 Å². The molecule has 5 nitrogen and oxygen atoms in total. The van der Waals surface area contributed by atoms with Crippen molar-refractivity contribution in [2.24, 2.45) is 0 Å². The maximum Gasteiger partial charge on any atom is 0.224 e. The fourth-order valence-corrected chi connectivity index (χ4v) is 5.20. The van der Waals surface area contributed by atoms with E-state index in [0.29, 0.717) is 19.6 Å². The Morgan fingerprint density at radius 2 is 1.50 bits per heavy atom. The summed E-state index contributed by atoms with van der Waals surface area (Å²) in [5, 5.41) is 3.09. The lowest BCUT2D eigenvalue weighted by molar-refractivity contribution is -0.120. The number of para-hydroxylation sites is 2. The van der Waals surface area contributed by atoms with Crippen LogP contribution in [0.25, 0.3) is 22.2 Å². The molecule has 0 radical (unpaired) electrons. The third kappa shape index (κ3) is 7.67. The summed E-state index contributed by atoms with van der Waals surface area (Å²) < 4.78 is 8.35. The zero-order valence-corrected chi connectivity index (χ0v) is 25.0. The molecule has 0 unspecified atom stereocenters. The lowest BCUT2D eigenvalue weighted by atomic mass is 9.87. The van der Waals surface area contributed by atoms with Gasteiger partial charge in [-0.05, 0) is 64.8 Å². The maximum absolute atomic E-state index is 12.6. The molecule has 0 bridgehead atoms. The summed E-state index contributed by atoms with van der Waals surface area (Å²) >= 11 is 0. The number of nitrogens with one attached hydrogen (secondary N) is 1. The number of hydrogen-bond donors (Lipinski definition) is 1. The van der Waals surface area contributed by atoms with Gasteiger partial charge in [0.15, 0.2) is 0 Å². The van der Waals surface area contributed by atoms with E-state index in [-0.39, 0.29) is 11.3 Å². The van der Waals surface area contributed by atoms with Gasteiger partial charge in [0.05, 0.1) is 24.1 Å². The molecule has 0 aliphatic rings. The first-order valence-electron chi connectivity index (χ1n) is 15.0. The predicted molar refractivity (Wildman–Crippen MR) is 172 cm³/mol. The van der Waals surface area contributed by atoms with Gasteiger partial charge in [-0.3, -0.25) is 4.79 Å². The van der Waals surface area contributed by atoms with E-state index in [1.165, 1.54) is 11.1 Å². The molecule has 1 amide bonds. The average molecular weight is 560 g/mol. The Hall–Kier alpha value is -4.38. The van der Waals surface area contributed by atoms with Crippen LogP contribution < -0.4 is 10.1 Å². The number of ether oxygens (including phenoxy) is 1. The van der Waals surface area contributed by atoms with Crippen LogP contribution in [-0.4, -0.2) is 28.6 Å². The molecule has 5 rings (SSSR count). The molecule has 5 heteroatoms. The molecule has 0 saturated heterocycles. The Balaban J connectivity index is 1.09. The summed E-state index contributed by atoms with van der Waals surface area (Å²) in [6.07, 6.45) is 2.90. The Morgan fingerprint density at radius 1 is 0.810 bits per heavy atom. The summed E-state index contributed by atoms with van der Waals surface area (Å²) in [5.41, 5.74) is 6.94. The van der Waals surface area contributed by atoms with E-state index in [2.05, 4.69) is 97.4 Å². The summed E-state index contributed by atoms with van der Waals surface area (Å²) in [7, 11) is 0. The van der Waals surface area contributed by atoms with E-state index in [0.717, 1.165) is 59.5 Å². The van der Waals surface area contributed by atoms with Crippen molar-refractivity contribution in [2.75, 3.05) is 13.2 Å². The number of carbonyl (C=O) groups excluding carboxylic acids is 1. The fraction of sp³-hybridized carbons (Fsp3) is 0.297. The standard InChI is InChI=1S/C37H41N3O2/c1-37(2,3)31-20-22-32(23-21-31)42-26-10-25-40-34-14-8-7-13-33(34)39-35(40)15-9-24-38-36(41)27-28-16-18-30(19-17-28)29-11-5-4-6-12-29/h4-8,11-14,16-23H,9-10,15,24-27H2,1-3H3,(H,38,41). The summed E-state index contributed by atoms with van der Waals surface area (Å²) in [6, 6.07) is 35.2. The van der Waals surface area contributed by atoms with Crippen molar-refractivity contribution in [2.45, 2.75) is 58.4 Å². The second-order valence-electron chi connectivity index (χ2n) is 11.8. The lowest BCUT2D eigenvalue weighted by Crippen LogP contribution is -2.26. The monoisotopic (exact) mass is 559 g/mol. The number of amides is 1. The van der Waals surface area contributed by atoms with Crippen LogP contribution in [0.2, 0.25) is 0 Å². The highest BCUT2D eigenvalue weighted by atomic mass is 16.5. The number of carbonyl (C=O) groups is 1. The number of benzene rings is 4. The second kappa shape index (κ2) is 13.5. The number of nitrogens with zero attached hydrogens (tertiary/aromatic N) is 2. The van der Waals surface area contributed by atoms with Crippen molar-refractivity contribution >= 4 is 16.9 Å². The third-order valence-corrected chi connectivity index (χ3v) is 7.57. The zero-order chi connectivity index (χ0) is 29.4. The molecule has 0 aliphatic carbocycles. The molecule has 0 fully saturated rings. The third-order valence-electron chi connectivity index (χ3n) is 7.57. The first-order valence-corrected chi connectivity index (χ1v) is 15.0. The van der Waals surface area contributed by atoms with E-state index in [1.54, 1.807) is 0 Å². The normalized spacial score (nSPS) is 11.5. The van der Waals surface area contributed by atoms with Crippen molar-refractivity contribution in [1.82, 2.24) is 14.9 Å². The summed E-state index contributed by atoms with van der Waals surface area (Å²) in [4.78, 5) is 17.5. The fourth-order valence-electron chi connectivity index (χ4n) is 5.20. The Morgan fingerprint density at radius 3 is 2.24 bits per heavy atom. The minimum absolute atomic E-state index is 0.0450. The van der Waals surface area contributed by atoms with E-state index < -0.39 is 0 Å². The molecule has 0 aliphatic heterocycles. The number of imidazole rings is 1. The van der Waals surface area contributed by atoms with Gasteiger partial charge in [-0.2, -0.15) is 0 Å². The number of hydrogen-bond acceptors (Lipinski definition) is 3.